The Morgan fingerprint density at radius 3 is 2.55 bits per heavy atom. The van der Waals surface area contributed by atoms with Crippen LogP contribution in [0.25, 0.3) is 0 Å². The Morgan fingerprint density at radius 2 is 2.00 bits per heavy atom. The molecule has 0 saturated heterocycles. The molecule has 1 N–H and O–H groups in total. The van der Waals surface area contributed by atoms with Crippen LogP contribution in [0.15, 0.2) is 46.3 Å². The van der Waals surface area contributed by atoms with Gasteiger partial charge in [0.25, 0.3) is 5.91 Å². The average molecular weight is 356 g/mol. The summed E-state index contributed by atoms with van der Waals surface area (Å²) in [5.74, 6) is -0.331. The molecule has 2 rings (SSSR count). The molecule has 2 aromatic heterocycles. The number of rotatable bonds is 3. The zero-order chi connectivity index (χ0) is 14.8. The highest BCUT2D eigenvalue weighted by Crippen LogP contribution is 2.13. The molecule has 1 amide bonds. The summed E-state index contributed by atoms with van der Waals surface area (Å²) in [7, 11) is -3.34. The zero-order valence-electron chi connectivity index (χ0n) is 10.4. The van der Waals surface area contributed by atoms with E-state index in [4.69, 9.17) is 0 Å². The molecule has 0 saturated carbocycles. The Hall–Kier alpha value is -1.80. The van der Waals surface area contributed by atoms with Gasteiger partial charge in [-0.05, 0) is 40.2 Å². The number of carbonyl (C=O) groups excluding carboxylic acids is 1. The second kappa shape index (κ2) is 5.68. The number of nitrogens with one attached hydrogen (secondary N) is 1. The molecule has 0 unspecified atom stereocenters. The van der Waals surface area contributed by atoms with E-state index in [1.54, 1.807) is 12.1 Å². The SMILES string of the molecule is CS(=O)(=O)c1ccc(NC(=O)c2ccnc(Br)c2)cn1. The van der Waals surface area contributed by atoms with Crippen LogP contribution in [0.2, 0.25) is 0 Å². The van der Waals surface area contributed by atoms with Gasteiger partial charge in [-0.2, -0.15) is 0 Å². The van der Waals surface area contributed by atoms with E-state index in [2.05, 4.69) is 31.2 Å². The third kappa shape index (κ3) is 3.61. The standard InChI is InChI=1S/C12H10BrN3O3S/c1-20(18,19)11-3-2-9(7-15-11)16-12(17)8-4-5-14-10(13)6-8/h2-7H,1H3,(H,16,17). The number of anilines is 1. The fourth-order valence-corrected chi connectivity index (χ4v) is 2.34. The van der Waals surface area contributed by atoms with E-state index in [-0.39, 0.29) is 10.9 Å². The number of nitrogens with zero attached hydrogens (tertiary/aromatic N) is 2. The van der Waals surface area contributed by atoms with Crippen molar-refractivity contribution in [2.75, 3.05) is 11.6 Å². The van der Waals surface area contributed by atoms with Gasteiger partial charge in [0.1, 0.15) is 4.60 Å². The van der Waals surface area contributed by atoms with E-state index >= 15 is 0 Å². The van der Waals surface area contributed by atoms with Crippen molar-refractivity contribution < 1.29 is 13.2 Å². The summed E-state index contributed by atoms with van der Waals surface area (Å²) < 4.78 is 23.1. The van der Waals surface area contributed by atoms with Crippen LogP contribution < -0.4 is 5.32 Å². The van der Waals surface area contributed by atoms with Crippen LogP contribution in [-0.4, -0.2) is 30.5 Å². The molecule has 0 aromatic carbocycles. The van der Waals surface area contributed by atoms with Gasteiger partial charge >= 0.3 is 0 Å². The van der Waals surface area contributed by atoms with Crippen LogP contribution in [0.3, 0.4) is 0 Å². The van der Waals surface area contributed by atoms with E-state index in [9.17, 15) is 13.2 Å². The Kier molecular flexibility index (Phi) is 4.15. The van der Waals surface area contributed by atoms with E-state index < -0.39 is 9.84 Å². The monoisotopic (exact) mass is 355 g/mol. The summed E-state index contributed by atoms with van der Waals surface area (Å²) in [5.41, 5.74) is 0.842. The molecule has 0 fully saturated rings. The van der Waals surface area contributed by atoms with Crippen LogP contribution in [-0.2, 0) is 9.84 Å². The van der Waals surface area contributed by atoms with Gasteiger partial charge in [-0.3, -0.25) is 4.79 Å². The van der Waals surface area contributed by atoms with Crippen LogP contribution in [0.5, 0.6) is 0 Å². The summed E-state index contributed by atoms with van der Waals surface area (Å²) in [6, 6.07) is 5.97. The molecule has 2 heterocycles. The molecule has 0 bridgehead atoms. The van der Waals surface area contributed by atoms with Gasteiger partial charge in [0.2, 0.25) is 0 Å². The number of sulfone groups is 1. The number of aromatic nitrogens is 2. The predicted octanol–water partition coefficient (Wildman–Crippen LogP) is 1.89. The largest absolute Gasteiger partial charge is 0.321 e. The number of hydrogen-bond donors (Lipinski definition) is 1. The normalized spacial score (nSPS) is 11.1. The van der Waals surface area contributed by atoms with Crippen LogP contribution in [0.1, 0.15) is 10.4 Å². The first-order valence-corrected chi connectivity index (χ1v) is 8.14. The predicted molar refractivity (Wildman–Crippen MR) is 77.2 cm³/mol. The fourth-order valence-electron chi connectivity index (χ4n) is 1.42. The van der Waals surface area contributed by atoms with Crippen LogP contribution >= 0.6 is 15.9 Å². The fraction of sp³-hybridized carbons (Fsp3) is 0.0833. The summed E-state index contributed by atoms with van der Waals surface area (Å²) in [6.07, 6.45) is 3.87. The maximum absolute atomic E-state index is 11.9. The van der Waals surface area contributed by atoms with Crippen molar-refractivity contribution in [1.29, 1.82) is 0 Å². The van der Waals surface area contributed by atoms with Gasteiger partial charge in [0.15, 0.2) is 14.9 Å². The van der Waals surface area contributed by atoms with E-state index in [1.165, 1.54) is 24.5 Å². The highest BCUT2D eigenvalue weighted by atomic mass is 79.9. The Balaban J connectivity index is 2.16. The van der Waals surface area contributed by atoms with Crippen molar-refractivity contribution in [2.24, 2.45) is 0 Å². The summed E-state index contributed by atoms with van der Waals surface area (Å²) >= 11 is 3.18. The van der Waals surface area contributed by atoms with Crippen LogP contribution in [0, 0.1) is 0 Å². The quantitative estimate of drug-likeness (QED) is 0.849. The maximum Gasteiger partial charge on any atom is 0.255 e. The third-order valence-corrected chi connectivity index (χ3v) is 3.80. The van der Waals surface area contributed by atoms with Gasteiger partial charge in [-0.1, -0.05) is 0 Å². The highest BCUT2D eigenvalue weighted by Gasteiger charge is 2.10. The van der Waals surface area contributed by atoms with Crippen molar-refractivity contribution in [3.8, 4) is 0 Å². The van der Waals surface area contributed by atoms with E-state index in [0.717, 1.165) is 6.26 Å². The van der Waals surface area contributed by atoms with Gasteiger partial charge in [-0.25, -0.2) is 18.4 Å². The van der Waals surface area contributed by atoms with Gasteiger partial charge in [-0.15, -0.1) is 0 Å². The lowest BCUT2D eigenvalue weighted by Crippen LogP contribution is -2.12. The molecule has 2 aromatic rings. The number of amides is 1. The first-order chi connectivity index (χ1) is 9.36. The number of pyridine rings is 2. The van der Waals surface area contributed by atoms with Crippen LogP contribution in [0.4, 0.5) is 5.69 Å². The number of carbonyl (C=O) groups is 1. The second-order valence-corrected chi connectivity index (χ2v) is 6.75. The van der Waals surface area contributed by atoms with Crippen molar-refractivity contribution in [3.05, 3.63) is 46.8 Å². The average Bonchev–Trinajstić information content (AvgIpc) is 2.38. The lowest BCUT2D eigenvalue weighted by molar-refractivity contribution is 0.102. The minimum Gasteiger partial charge on any atom is -0.321 e. The Labute approximate surface area is 124 Å². The Bertz CT molecular complexity index is 745. The van der Waals surface area contributed by atoms with Crippen molar-refractivity contribution in [1.82, 2.24) is 9.97 Å². The Morgan fingerprint density at radius 1 is 1.25 bits per heavy atom. The molecule has 6 nitrogen and oxygen atoms in total. The maximum atomic E-state index is 11.9. The van der Waals surface area contributed by atoms with Gasteiger partial charge in [0.05, 0.1) is 11.9 Å². The minimum absolute atomic E-state index is 0.0397. The van der Waals surface area contributed by atoms with Gasteiger partial charge in [0, 0.05) is 18.0 Å². The second-order valence-electron chi connectivity index (χ2n) is 3.98. The molecule has 0 aliphatic rings. The summed E-state index contributed by atoms with van der Waals surface area (Å²) in [5, 5.41) is 2.58. The summed E-state index contributed by atoms with van der Waals surface area (Å²) in [4.78, 5) is 19.7. The molecule has 8 heteroatoms. The van der Waals surface area contributed by atoms with E-state index in [0.29, 0.717) is 15.9 Å². The van der Waals surface area contributed by atoms with Crippen molar-refractivity contribution in [2.45, 2.75) is 5.03 Å². The first-order valence-electron chi connectivity index (χ1n) is 5.45. The molecule has 0 atom stereocenters. The smallest absolute Gasteiger partial charge is 0.255 e. The molecule has 0 aliphatic heterocycles. The lowest BCUT2D eigenvalue weighted by Gasteiger charge is -2.05. The van der Waals surface area contributed by atoms with Crippen molar-refractivity contribution >= 4 is 37.4 Å². The first kappa shape index (κ1) is 14.6. The van der Waals surface area contributed by atoms with Crippen molar-refractivity contribution in [3.63, 3.8) is 0 Å². The molecule has 0 radical (unpaired) electrons. The summed E-state index contributed by atoms with van der Waals surface area (Å²) in [6.45, 7) is 0. The molecule has 0 aliphatic carbocycles. The topological polar surface area (TPSA) is 89.0 Å². The molecular weight excluding hydrogens is 346 g/mol. The minimum atomic E-state index is -3.34. The zero-order valence-corrected chi connectivity index (χ0v) is 12.8. The molecule has 0 spiro atoms. The molecule has 104 valence electrons. The number of hydrogen-bond acceptors (Lipinski definition) is 5. The molecule has 20 heavy (non-hydrogen) atoms. The van der Waals surface area contributed by atoms with Gasteiger partial charge < -0.3 is 5.32 Å². The molecular formula is C12H10BrN3O3S. The lowest BCUT2D eigenvalue weighted by atomic mass is 10.2. The number of halogens is 1. The van der Waals surface area contributed by atoms with E-state index in [1.807, 2.05) is 0 Å². The third-order valence-electron chi connectivity index (χ3n) is 2.36. The highest BCUT2D eigenvalue weighted by molar-refractivity contribution is 9.10.